The van der Waals surface area contributed by atoms with Crippen molar-refractivity contribution in [1.29, 1.82) is 0 Å². The molecule has 0 amide bonds. The van der Waals surface area contributed by atoms with Crippen molar-refractivity contribution in [3.05, 3.63) is 24.0 Å². The standard InChI is InChI=1S/C14H21FN2O2S/c1-17(13-6-4-2-3-5-7-13)20(18,19)14-9-11(15)8-12(16)10-14/h8-10,13H,2-7,16H2,1H3. The third-order valence-electron chi connectivity index (χ3n) is 3.91. The Morgan fingerprint density at radius 3 is 2.30 bits per heavy atom. The van der Waals surface area contributed by atoms with Crippen LogP contribution in [0.15, 0.2) is 23.1 Å². The average Bonchev–Trinajstić information content (AvgIpc) is 2.65. The van der Waals surface area contributed by atoms with Crippen LogP contribution in [0.2, 0.25) is 0 Å². The number of halogens is 1. The summed E-state index contributed by atoms with van der Waals surface area (Å²) in [6.45, 7) is 0. The second-order valence-corrected chi connectivity index (χ2v) is 7.38. The van der Waals surface area contributed by atoms with E-state index in [-0.39, 0.29) is 16.6 Å². The summed E-state index contributed by atoms with van der Waals surface area (Å²) in [5.74, 6) is -0.627. The number of sulfonamides is 1. The van der Waals surface area contributed by atoms with E-state index >= 15 is 0 Å². The molecule has 2 rings (SSSR count). The van der Waals surface area contributed by atoms with Crippen molar-refractivity contribution in [3.8, 4) is 0 Å². The number of nitrogens with zero attached hydrogens (tertiary/aromatic N) is 1. The molecule has 1 aromatic carbocycles. The molecular weight excluding hydrogens is 279 g/mol. The molecule has 0 atom stereocenters. The maximum absolute atomic E-state index is 13.4. The van der Waals surface area contributed by atoms with E-state index in [9.17, 15) is 12.8 Å². The van der Waals surface area contributed by atoms with Crippen LogP contribution in [-0.4, -0.2) is 25.8 Å². The van der Waals surface area contributed by atoms with Crippen molar-refractivity contribution in [2.45, 2.75) is 49.5 Å². The molecule has 0 heterocycles. The van der Waals surface area contributed by atoms with Crippen LogP contribution in [-0.2, 0) is 10.0 Å². The molecule has 0 aromatic heterocycles. The summed E-state index contributed by atoms with van der Waals surface area (Å²) in [5, 5.41) is 0. The minimum Gasteiger partial charge on any atom is -0.399 e. The van der Waals surface area contributed by atoms with Gasteiger partial charge in [0.2, 0.25) is 10.0 Å². The predicted octanol–water partition coefficient (Wildman–Crippen LogP) is 2.75. The fraction of sp³-hybridized carbons (Fsp3) is 0.571. The van der Waals surface area contributed by atoms with Crippen LogP contribution in [0.4, 0.5) is 10.1 Å². The summed E-state index contributed by atoms with van der Waals surface area (Å²) < 4.78 is 39.9. The maximum Gasteiger partial charge on any atom is 0.243 e. The normalized spacial score (nSPS) is 18.1. The lowest BCUT2D eigenvalue weighted by molar-refractivity contribution is 0.335. The summed E-state index contributed by atoms with van der Waals surface area (Å²) >= 11 is 0. The highest BCUT2D eigenvalue weighted by Gasteiger charge is 2.28. The third-order valence-corrected chi connectivity index (χ3v) is 5.80. The van der Waals surface area contributed by atoms with Gasteiger partial charge < -0.3 is 5.73 Å². The Morgan fingerprint density at radius 2 is 1.75 bits per heavy atom. The summed E-state index contributed by atoms with van der Waals surface area (Å²) in [4.78, 5) is -0.0678. The Labute approximate surface area is 119 Å². The van der Waals surface area contributed by atoms with Gasteiger partial charge in [-0.05, 0) is 31.0 Å². The summed E-state index contributed by atoms with van der Waals surface area (Å²) in [5.41, 5.74) is 5.66. The first-order chi connectivity index (χ1) is 9.41. The van der Waals surface area contributed by atoms with Gasteiger partial charge in [0.25, 0.3) is 0 Å². The molecule has 0 spiro atoms. The largest absolute Gasteiger partial charge is 0.399 e. The molecule has 112 valence electrons. The topological polar surface area (TPSA) is 63.4 Å². The lowest BCUT2D eigenvalue weighted by Gasteiger charge is -2.26. The number of nitrogens with two attached hydrogens (primary N) is 1. The summed E-state index contributed by atoms with van der Waals surface area (Å²) in [6, 6.07) is 3.45. The molecule has 6 heteroatoms. The molecule has 20 heavy (non-hydrogen) atoms. The van der Waals surface area contributed by atoms with Gasteiger partial charge in [0, 0.05) is 18.8 Å². The number of hydrogen-bond donors (Lipinski definition) is 1. The van der Waals surface area contributed by atoms with Crippen LogP contribution < -0.4 is 5.73 Å². The molecule has 1 saturated carbocycles. The SMILES string of the molecule is CN(C1CCCCCC1)S(=O)(=O)c1cc(N)cc(F)c1. The fourth-order valence-corrected chi connectivity index (χ4v) is 4.20. The number of nitrogen functional groups attached to an aromatic ring is 1. The second-order valence-electron chi connectivity index (χ2n) is 5.39. The van der Waals surface area contributed by atoms with Gasteiger partial charge >= 0.3 is 0 Å². The molecule has 1 aliphatic rings. The van der Waals surface area contributed by atoms with E-state index in [0.717, 1.165) is 50.7 Å². The number of anilines is 1. The van der Waals surface area contributed by atoms with Crippen molar-refractivity contribution < 1.29 is 12.8 Å². The first-order valence-corrected chi connectivity index (χ1v) is 8.39. The minimum absolute atomic E-state index is 0.00741. The van der Waals surface area contributed by atoms with Crippen molar-refractivity contribution in [2.24, 2.45) is 0 Å². The average molecular weight is 300 g/mol. The molecule has 0 aliphatic heterocycles. The van der Waals surface area contributed by atoms with Crippen molar-refractivity contribution >= 4 is 15.7 Å². The van der Waals surface area contributed by atoms with Crippen molar-refractivity contribution in [2.75, 3.05) is 12.8 Å². The predicted molar refractivity (Wildman–Crippen MR) is 77.3 cm³/mol. The van der Waals surface area contributed by atoms with Gasteiger partial charge in [-0.15, -0.1) is 0 Å². The number of hydrogen-bond acceptors (Lipinski definition) is 3. The van der Waals surface area contributed by atoms with Gasteiger partial charge in [-0.25, -0.2) is 12.8 Å². The maximum atomic E-state index is 13.4. The molecular formula is C14H21FN2O2S. The molecule has 1 aromatic rings. The van der Waals surface area contributed by atoms with E-state index < -0.39 is 15.8 Å². The second kappa shape index (κ2) is 6.10. The number of benzene rings is 1. The van der Waals surface area contributed by atoms with Gasteiger partial charge in [-0.3, -0.25) is 0 Å². The molecule has 0 radical (unpaired) electrons. The Kier molecular flexibility index (Phi) is 4.65. The zero-order valence-corrected chi connectivity index (χ0v) is 12.5. The molecule has 1 fully saturated rings. The van der Waals surface area contributed by atoms with Crippen LogP contribution >= 0.6 is 0 Å². The van der Waals surface area contributed by atoms with E-state index in [4.69, 9.17) is 5.73 Å². The lowest BCUT2D eigenvalue weighted by atomic mass is 10.1. The highest BCUT2D eigenvalue weighted by Crippen LogP contribution is 2.26. The molecule has 0 saturated heterocycles. The van der Waals surface area contributed by atoms with E-state index in [1.54, 1.807) is 7.05 Å². The Hall–Kier alpha value is -1.14. The van der Waals surface area contributed by atoms with Crippen LogP contribution in [0.5, 0.6) is 0 Å². The van der Waals surface area contributed by atoms with Crippen LogP contribution in [0.25, 0.3) is 0 Å². The highest BCUT2D eigenvalue weighted by molar-refractivity contribution is 7.89. The summed E-state index contributed by atoms with van der Waals surface area (Å²) in [6.07, 6.45) is 6.10. The molecule has 0 bridgehead atoms. The Balaban J connectivity index is 2.28. The first kappa shape index (κ1) is 15.3. The van der Waals surface area contributed by atoms with Gasteiger partial charge in [-0.2, -0.15) is 4.31 Å². The minimum atomic E-state index is -3.69. The monoisotopic (exact) mass is 300 g/mol. The van der Waals surface area contributed by atoms with Gasteiger partial charge in [0.1, 0.15) is 5.82 Å². The van der Waals surface area contributed by atoms with Gasteiger partial charge in [-0.1, -0.05) is 25.7 Å². The van der Waals surface area contributed by atoms with E-state index in [1.165, 1.54) is 10.4 Å². The molecule has 1 aliphatic carbocycles. The fourth-order valence-electron chi connectivity index (χ4n) is 2.72. The molecule has 4 nitrogen and oxygen atoms in total. The van der Waals surface area contributed by atoms with Crippen molar-refractivity contribution in [1.82, 2.24) is 4.31 Å². The van der Waals surface area contributed by atoms with Gasteiger partial charge in [0.05, 0.1) is 4.90 Å². The summed E-state index contributed by atoms with van der Waals surface area (Å²) in [7, 11) is -2.11. The Morgan fingerprint density at radius 1 is 1.15 bits per heavy atom. The van der Waals surface area contributed by atoms with E-state index in [1.807, 2.05) is 0 Å². The third kappa shape index (κ3) is 3.30. The molecule has 0 unspecified atom stereocenters. The Bertz CT molecular complexity index is 546. The van der Waals surface area contributed by atoms with E-state index in [0.29, 0.717) is 0 Å². The smallest absolute Gasteiger partial charge is 0.243 e. The quantitative estimate of drug-likeness (QED) is 0.689. The highest BCUT2D eigenvalue weighted by atomic mass is 32.2. The van der Waals surface area contributed by atoms with Crippen LogP contribution in [0, 0.1) is 5.82 Å². The zero-order valence-electron chi connectivity index (χ0n) is 11.7. The molecule has 2 N–H and O–H groups in total. The van der Waals surface area contributed by atoms with Crippen LogP contribution in [0.1, 0.15) is 38.5 Å². The van der Waals surface area contributed by atoms with E-state index in [2.05, 4.69) is 0 Å². The van der Waals surface area contributed by atoms with Crippen molar-refractivity contribution in [3.63, 3.8) is 0 Å². The van der Waals surface area contributed by atoms with Gasteiger partial charge in [0.15, 0.2) is 0 Å². The zero-order chi connectivity index (χ0) is 14.8. The first-order valence-electron chi connectivity index (χ1n) is 6.95. The van der Waals surface area contributed by atoms with Crippen LogP contribution in [0.3, 0.4) is 0 Å². The number of rotatable bonds is 3. The lowest BCUT2D eigenvalue weighted by Crippen LogP contribution is -2.36.